The number of nitrogens with one attached hydrogen (secondary N) is 2. The molecule has 0 spiro atoms. The third kappa shape index (κ3) is 4.36. The molecule has 2 N–H and O–H groups in total. The van der Waals surface area contributed by atoms with Crippen molar-refractivity contribution in [3.05, 3.63) is 65.7 Å². The summed E-state index contributed by atoms with van der Waals surface area (Å²) in [6.07, 6.45) is 2.17. The summed E-state index contributed by atoms with van der Waals surface area (Å²) in [5, 5.41) is 6.25. The first-order valence-electron chi connectivity index (χ1n) is 8.59. The maximum atomic E-state index is 12.4. The minimum atomic E-state index is 0.0178. The first kappa shape index (κ1) is 16.5. The molecule has 4 heteroatoms. The molecule has 1 unspecified atom stereocenters. The number of amides is 1. The summed E-state index contributed by atoms with van der Waals surface area (Å²) >= 11 is 0. The molecule has 1 aliphatic heterocycles. The molecular weight excluding hydrogens is 298 g/mol. The monoisotopic (exact) mass is 323 g/mol. The number of piperidine rings is 1. The van der Waals surface area contributed by atoms with Gasteiger partial charge in [-0.25, -0.2) is 0 Å². The first-order valence-corrected chi connectivity index (χ1v) is 8.59. The van der Waals surface area contributed by atoms with Gasteiger partial charge in [0.25, 0.3) is 5.91 Å². The van der Waals surface area contributed by atoms with Crippen molar-refractivity contribution < 1.29 is 4.79 Å². The van der Waals surface area contributed by atoms with E-state index in [1.54, 1.807) is 0 Å². The van der Waals surface area contributed by atoms with Gasteiger partial charge in [0.05, 0.1) is 0 Å². The number of hydrogen-bond acceptors (Lipinski definition) is 3. The van der Waals surface area contributed by atoms with Crippen molar-refractivity contribution in [2.24, 2.45) is 0 Å². The van der Waals surface area contributed by atoms with Crippen LogP contribution in [0.2, 0.25) is 0 Å². The smallest absolute Gasteiger partial charge is 0.251 e. The number of benzene rings is 2. The maximum Gasteiger partial charge on any atom is 0.251 e. The van der Waals surface area contributed by atoms with E-state index >= 15 is 0 Å². The lowest BCUT2D eigenvalue weighted by Gasteiger charge is -2.33. The normalized spacial score (nSPS) is 18.1. The summed E-state index contributed by atoms with van der Waals surface area (Å²) in [4.78, 5) is 14.9. The van der Waals surface area contributed by atoms with Gasteiger partial charge in [-0.1, -0.05) is 30.3 Å². The average molecular weight is 323 g/mol. The zero-order chi connectivity index (χ0) is 16.8. The molecule has 1 atom stereocenters. The molecule has 3 rings (SSSR count). The molecule has 0 bridgehead atoms. The van der Waals surface area contributed by atoms with Gasteiger partial charge in [-0.15, -0.1) is 0 Å². The Kier molecular flexibility index (Phi) is 5.49. The number of nitrogens with zero attached hydrogens (tertiary/aromatic N) is 1. The number of carbonyl (C=O) groups excluding carboxylic acids is 1. The van der Waals surface area contributed by atoms with Crippen LogP contribution >= 0.6 is 0 Å². The molecule has 2 aromatic rings. The predicted molar refractivity (Wildman–Crippen MR) is 98.2 cm³/mol. The fourth-order valence-electron chi connectivity index (χ4n) is 3.22. The second kappa shape index (κ2) is 7.97. The van der Waals surface area contributed by atoms with E-state index in [1.165, 1.54) is 5.56 Å². The third-order valence-corrected chi connectivity index (χ3v) is 4.53. The molecule has 4 nitrogen and oxygen atoms in total. The molecule has 24 heavy (non-hydrogen) atoms. The van der Waals surface area contributed by atoms with Crippen LogP contribution < -0.4 is 10.6 Å². The topological polar surface area (TPSA) is 44.4 Å². The fraction of sp³-hybridized carbons (Fsp3) is 0.350. The van der Waals surface area contributed by atoms with Crippen LogP contribution in [-0.4, -0.2) is 37.0 Å². The van der Waals surface area contributed by atoms with Crippen LogP contribution in [0.15, 0.2) is 54.6 Å². The number of anilines is 1. The Morgan fingerprint density at radius 3 is 2.58 bits per heavy atom. The highest BCUT2D eigenvalue weighted by Crippen LogP contribution is 2.15. The molecule has 1 amide bonds. The number of carbonyl (C=O) groups is 1. The largest absolute Gasteiger partial charge is 0.388 e. The average Bonchev–Trinajstić information content (AvgIpc) is 2.63. The lowest BCUT2D eigenvalue weighted by atomic mass is 10.0. The maximum absolute atomic E-state index is 12.4. The molecule has 126 valence electrons. The van der Waals surface area contributed by atoms with Gasteiger partial charge in [-0.2, -0.15) is 0 Å². The van der Waals surface area contributed by atoms with Crippen molar-refractivity contribution >= 4 is 11.6 Å². The molecule has 1 fully saturated rings. The highest BCUT2D eigenvalue weighted by molar-refractivity contribution is 5.94. The highest BCUT2D eigenvalue weighted by atomic mass is 16.1. The van der Waals surface area contributed by atoms with Gasteiger partial charge in [-0.05, 0) is 49.2 Å². The van der Waals surface area contributed by atoms with E-state index in [-0.39, 0.29) is 11.9 Å². The Morgan fingerprint density at radius 2 is 1.88 bits per heavy atom. The molecular formula is C20H25N3O. The number of rotatable bonds is 5. The van der Waals surface area contributed by atoms with E-state index < -0.39 is 0 Å². The van der Waals surface area contributed by atoms with Crippen LogP contribution in [0.4, 0.5) is 5.69 Å². The molecule has 0 saturated carbocycles. The SMILES string of the molecule is CNc1ccc(C(=O)NC2CCCN(Cc3ccccc3)C2)cc1. The summed E-state index contributed by atoms with van der Waals surface area (Å²) in [6, 6.07) is 18.3. The van der Waals surface area contributed by atoms with E-state index in [9.17, 15) is 4.79 Å². The van der Waals surface area contributed by atoms with Crippen LogP contribution in [0, 0.1) is 0 Å². The summed E-state index contributed by atoms with van der Waals surface area (Å²) in [7, 11) is 1.87. The molecule has 0 radical (unpaired) electrons. The van der Waals surface area contributed by atoms with E-state index in [0.717, 1.165) is 38.2 Å². The molecule has 1 heterocycles. The first-order chi connectivity index (χ1) is 11.7. The van der Waals surface area contributed by atoms with Gasteiger partial charge in [-0.3, -0.25) is 9.69 Å². The molecule has 1 aliphatic rings. The number of hydrogen-bond donors (Lipinski definition) is 2. The van der Waals surface area contributed by atoms with Crippen LogP contribution in [0.25, 0.3) is 0 Å². The van der Waals surface area contributed by atoms with E-state index in [1.807, 2.05) is 37.4 Å². The van der Waals surface area contributed by atoms with Crippen LogP contribution in [0.1, 0.15) is 28.8 Å². The Morgan fingerprint density at radius 1 is 1.12 bits per heavy atom. The molecule has 1 saturated heterocycles. The summed E-state index contributed by atoms with van der Waals surface area (Å²) in [5.41, 5.74) is 3.06. The second-order valence-electron chi connectivity index (χ2n) is 6.36. The van der Waals surface area contributed by atoms with Crippen molar-refractivity contribution in [3.63, 3.8) is 0 Å². The Balaban J connectivity index is 1.55. The predicted octanol–water partition coefficient (Wildman–Crippen LogP) is 3.12. The van der Waals surface area contributed by atoms with Crippen molar-refractivity contribution in [2.45, 2.75) is 25.4 Å². The standard InChI is InChI=1S/C20H25N3O/c1-21-18-11-9-17(10-12-18)20(24)22-19-8-5-13-23(15-19)14-16-6-3-2-4-7-16/h2-4,6-7,9-12,19,21H,5,8,13-15H2,1H3,(H,22,24). The van der Waals surface area contributed by atoms with Gasteiger partial charge in [0.1, 0.15) is 0 Å². The van der Waals surface area contributed by atoms with Crippen LogP contribution in [-0.2, 0) is 6.54 Å². The highest BCUT2D eigenvalue weighted by Gasteiger charge is 2.21. The van der Waals surface area contributed by atoms with Gasteiger partial charge >= 0.3 is 0 Å². The van der Waals surface area contributed by atoms with Crippen LogP contribution in [0.3, 0.4) is 0 Å². The Bertz CT molecular complexity index is 654. The fourth-order valence-corrected chi connectivity index (χ4v) is 3.22. The Labute approximate surface area is 143 Å². The summed E-state index contributed by atoms with van der Waals surface area (Å²) in [6.45, 7) is 2.96. The van der Waals surface area contributed by atoms with Crippen molar-refractivity contribution in [1.82, 2.24) is 10.2 Å². The minimum absolute atomic E-state index is 0.0178. The minimum Gasteiger partial charge on any atom is -0.388 e. The van der Waals surface area contributed by atoms with E-state index in [4.69, 9.17) is 0 Å². The lowest BCUT2D eigenvalue weighted by Crippen LogP contribution is -2.47. The zero-order valence-corrected chi connectivity index (χ0v) is 14.2. The van der Waals surface area contributed by atoms with Crippen molar-refractivity contribution in [1.29, 1.82) is 0 Å². The van der Waals surface area contributed by atoms with E-state index in [0.29, 0.717) is 5.56 Å². The lowest BCUT2D eigenvalue weighted by molar-refractivity contribution is 0.0901. The van der Waals surface area contributed by atoms with Gasteiger partial charge < -0.3 is 10.6 Å². The molecule has 2 aromatic carbocycles. The quantitative estimate of drug-likeness (QED) is 0.888. The summed E-state index contributed by atoms with van der Waals surface area (Å²) in [5.74, 6) is 0.0178. The van der Waals surface area contributed by atoms with Gasteiger partial charge in [0, 0.05) is 37.4 Å². The Hall–Kier alpha value is -2.33. The third-order valence-electron chi connectivity index (χ3n) is 4.53. The van der Waals surface area contributed by atoms with Gasteiger partial charge in [0.2, 0.25) is 0 Å². The summed E-state index contributed by atoms with van der Waals surface area (Å²) < 4.78 is 0. The van der Waals surface area contributed by atoms with Crippen molar-refractivity contribution in [2.75, 3.05) is 25.5 Å². The van der Waals surface area contributed by atoms with E-state index in [2.05, 4.69) is 39.8 Å². The number of likely N-dealkylation sites (tertiary alicyclic amines) is 1. The molecule has 0 aromatic heterocycles. The molecule has 0 aliphatic carbocycles. The zero-order valence-electron chi connectivity index (χ0n) is 14.2. The van der Waals surface area contributed by atoms with Crippen molar-refractivity contribution in [3.8, 4) is 0 Å². The second-order valence-corrected chi connectivity index (χ2v) is 6.36. The van der Waals surface area contributed by atoms with Crippen LogP contribution in [0.5, 0.6) is 0 Å². The van der Waals surface area contributed by atoms with Gasteiger partial charge in [0.15, 0.2) is 0 Å².